The fourth-order valence-corrected chi connectivity index (χ4v) is 2.96. The molecule has 21 heavy (non-hydrogen) atoms. The van der Waals surface area contributed by atoms with Gasteiger partial charge in [0.25, 0.3) is 0 Å². The first-order valence-corrected chi connectivity index (χ1v) is 7.74. The zero-order valence-electron chi connectivity index (χ0n) is 11.1. The number of rotatable bonds is 4. The number of esters is 1. The highest BCUT2D eigenvalue weighted by Crippen LogP contribution is 2.34. The van der Waals surface area contributed by atoms with E-state index in [9.17, 15) is 9.59 Å². The topological polar surface area (TPSA) is 68.3 Å². The smallest absolute Gasteiger partial charge is 0.358 e. The van der Waals surface area contributed by atoms with Gasteiger partial charge in [0.15, 0.2) is 16.6 Å². The highest BCUT2D eigenvalue weighted by atomic mass is 79.9. The van der Waals surface area contributed by atoms with Crippen LogP contribution in [0, 0.1) is 0 Å². The number of nitrogens with zero attached hydrogens (tertiary/aromatic N) is 1. The second-order valence-corrected chi connectivity index (χ2v) is 6.17. The molecule has 0 unspecified atom stereocenters. The molecule has 5 nitrogen and oxygen atoms in total. The number of thiazole rings is 1. The number of nitrogens with one attached hydrogen (secondary N) is 1. The SMILES string of the molecule is COC(=O)c1nc(Nc2cccc(Cl)c2Br)sc1C(C)=O. The Morgan fingerprint density at radius 2 is 2.14 bits per heavy atom. The molecular weight excluding hydrogens is 380 g/mol. The second-order valence-electron chi connectivity index (χ2n) is 3.97. The molecule has 1 aromatic carbocycles. The lowest BCUT2D eigenvalue weighted by Crippen LogP contribution is -2.07. The van der Waals surface area contributed by atoms with Crippen molar-refractivity contribution in [3.05, 3.63) is 38.3 Å². The van der Waals surface area contributed by atoms with Crippen LogP contribution < -0.4 is 5.32 Å². The van der Waals surface area contributed by atoms with E-state index in [0.29, 0.717) is 20.3 Å². The molecule has 0 saturated carbocycles. The minimum atomic E-state index is -0.644. The number of carbonyl (C=O) groups is 2. The summed E-state index contributed by atoms with van der Waals surface area (Å²) in [5.74, 6) is -0.888. The highest BCUT2D eigenvalue weighted by molar-refractivity contribution is 9.10. The van der Waals surface area contributed by atoms with Crippen LogP contribution in [0.5, 0.6) is 0 Å². The van der Waals surface area contributed by atoms with Crippen molar-refractivity contribution in [2.24, 2.45) is 0 Å². The van der Waals surface area contributed by atoms with E-state index < -0.39 is 5.97 Å². The van der Waals surface area contributed by atoms with Crippen molar-refractivity contribution in [1.29, 1.82) is 0 Å². The highest BCUT2D eigenvalue weighted by Gasteiger charge is 2.22. The minimum absolute atomic E-state index is 0.00986. The van der Waals surface area contributed by atoms with Gasteiger partial charge in [0.05, 0.1) is 22.3 Å². The van der Waals surface area contributed by atoms with Crippen molar-refractivity contribution >= 4 is 61.4 Å². The maximum Gasteiger partial charge on any atom is 0.358 e. The molecule has 2 aromatic rings. The van der Waals surface area contributed by atoms with E-state index in [4.69, 9.17) is 11.6 Å². The Hall–Kier alpha value is -1.44. The van der Waals surface area contributed by atoms with Crippen LogP contribution in [0.1, 0.15) is 27.1 Å². The molecule has 0 aliphatic heterocycles. The summed E-state index contributed by atoms with van der Waals surface area (Å²) in [4.78, 5) is 27.6. The van der Waals surface area contributed by atoms with Crippen LogP contribution in [-0.2, 0) is 4.74 Å². The summed E-state index contributed by atoms with van der Waals surface area (Å²) in [5.41, 5.74) is 0.693. The predicted molar refractivity (Wildman–Crippen MR) is 85.9 cm³/mol. The Bertz CT molecular complexity index is 717. The molecule has 0 amide bonds. The normalized spacial score (nSPS) is 10.3. The fourth-order valence-electron chi connectivity index (χ4n) is 1.56. The van der Waals surface area contributed by atoms with Gasteiger partial charge >= 0.3 is 5.97 Å². The molecule has 1 heterocycles. The monoisotopic (exact) mass is 388 g/mol. The van der Waals surface area contributed by atoms with Crippen LogP contribution in [0.4, 0.5) is 10.8 Å². The van der Waals surface area contributed by atoms with Crippen molar-refractivity contribution in [2.75, 3.05) is 12.4 Å². The number of aromatic nitrogens is 1. The first-order chi connectivity index (χ1) is 9.93. The summed E-state index contributed by atoms with van der Waals surface area (Å²) < 4.78 is 5.30. The standard InChI is InChI=1S/C13H10BrClN2O3S/c1-6(18)11-10(12(19)20-2)17-13(21-11)16-8-5-3-4-7(15)9(8)14/h3-5H,1-2H3,(H,16,17). The third kappa shape index (κ3) is 3.42. The number of anilines is 2. The second kappa shape index (κ2) is 6.55. The molecule has 8 heteroatoms. The number of hydrogen-bond acceptors (Lipinski definition) is 6. The van der Waals surface area contributed by atoms with Crippen LogP contribution in [0.3, 0.4) is 0 Å². The lowest BCUT2D eigenvalue weighted by molar-refractivity contribution is 0.0591. The van der Waals surface area contributed by atoms with E-state index in [-0.39, 0.29) is 16.4 Å². The zero-order chi connectivity index (χ0) is 15.6. The molecule has 0 saturated heterocycles. The average molecular weight is 390 g/mol. The van der Waals surface area contributed by atoms with E-state index >= 15 is 0 Å². The van der Waals surface area contributed by atoms with E-state index in [1.807, 2.05) is 0 Å². The third-order valence-electron chi connectivity index (χ3n) is 2.52. The number of hydrogen-bond donors (Lipinski definition) is 1. The van der Waals surface area contributed by atoms with Gasteiger partial charge in [-0.1, -0.05) is 29.0 Å². The Morgan fingerprint density at radius 1 is 1.43 bits per heavy atom. The van der Waals surface area contributed by atoms with Crippen molar-refractivity contribution in [2.45, 2.75) is 6.92 Å². The number of Topliss-reactive ketones (excluding diaryl/α,β-unsaturated/α-hetero) is 1. The Kier molecular flexibility index (Phi) is 4.97. The molecule has 2 rings (SSSR count). The predicted octanol–water partition coefficient (Wildman–Crippen LogP) is 4.29. The zero-order valence-corrected chi connectivity index (χ0v) is 14.2. The summed E-state index contributed by atoms with van der Waals surface area (Å²) in [6.45, 7) is 1.37. The number of methoxy groups -OCH3 is 1. The van der Waals surface area contributed by atoms with Gasteiger partial charge in [-0.05, 0) is 28.1 Å². The number of halogens is 2. The Morgan fingerprint density at radius 3 is 2.76 bits per heavy atom. The molecular formula is C13H10BrClN2O3S. The summed E-state index contributed by atoms with van der Waals surface area (Å²) in [6, 6.07) is 5.30. The molecule has 0 spiro atoms. The van der Waals surface area contributed by atoms with Gasteiger partial charge < -0.3 is 10.1 Å². The van der Waals surface area contributed by atoms with E-state index in [2.05, 4.69) is 31.0 Å². The minimum Gasteiger partial charge on any atom is -0.464 e. The summed E-state index contributed by atoms with van der Waals surface area (Å²) >= 11 is 10.5. The van der Waals surface area contributed by atoms with Crippen LogP contribution in [0.25, 0.3) is 0 Å². The fraction of sp³-hybridized carbons (Fsp3) is 0.154. The molecule has 0 bridgehead atoms. The van der Waals surface area contributed by atoms with Crippen molar-refractivity contribution < 1.29 is 14.3 Å². The van der Waals surface area contributed by atoms with Crippen molar-refractivity contribution in [3.8, 4) is 0 Å². The van der Waals surface area contributed by atoms with Crippen molar-refractivity contribution in [3.63, 3.8) is 0 Å². The molecule has 1 N–H and O–H groups in total. The number of ether oxygens (including phenoxy) is 1. The largest absolute Gasteiger partial charge is 0.464 e. The van der Waals surface area contributed by atoms with Crippen molar-refractivity contribution in [1.82, 2.24) is 4.98 Å². The van der Waals surface area contributed by atoms with Gasteiger partial charge in [0.1, 0.15) is 4.88 Å². The average Bonchev–Trinajstić information content (AvgIpc) is 2.87. The van der Waals surface area contributed by atoms with Crippen LogP contribution in [-0.4, -0.2) is 23.8 Å². The first kappa shape index (κ1) is 15.9. The maximum absolute atomic E-state index is 11.6. The van der Waals surface area contributed by atoms with Crippen LogP contribution in [0.2, 0.25) is 5.02 Å². The molecule has 0 radical (unpaired) electrons. The van der Waals surface area contributed by atoms with Gasteiger partial charge in [0.2, 0.25) is 0 Å². The first-order valence-electron chi connectivity index (χ1n) is 5.75. The Labute approximate surface area is 138 Å². The molecule has 0 atom stereocenters. The quantitative estimate of drug-likeness (QED) is 0.624. The van der Waals surface area contributed by atoms with Gasteiger partial charge in [-0.3, -0.25) is 4.79 Å². The van der Waals surface area contributed by atoms with Gasteiger partial charge in [-0.25, -0.2) is 9.78 Å². The van der Waals surface area contributed by atoms with E-state index in [0.717, 1.165) is 11.3 Å². The number of benzene rings is 1. The molecule has 0 aliphatic rings. The van der Waals surface area contributed by atoms with Gasteiger partial charge in [-0.2, -0.15) is 0 Å². The summed E-state index contributed by atoms with van der Waals surface area (Å²) in [5, 5.41) is 3.97. The van der Waals surface area contributed by atoms with Crippen LogP contribution in [0.15, 0.2) is 22.7 Å². The van der Waals surface area contributed by atoms with Gasteiger partial charge in [0, 0.05) is 6.92 Å². The molecule has 0 aliphatic carbocycles. The van der Waals surface area contributed by atoms with Gasteiger partial charge in [-0.15, -0.1) is 0 Å². The molecule has 0 fully saturated rings. The van der Waals surface area contributed by atoms with E-state index in [1.165, 1.54) is 14.0 Å². The third-order valence-corrected chi connectivity index (χ3v) is 4.99. The maximum atomic E-state index is 11.6. The Balaban J connectivity index is 2.39. The number of carbonyl (C=O) groups excluding carboxylic acids is 2. The lowest BCUT2D eigenvalue weighted by atomic mass is 10.3. The number of ketones is 1. The summed E-state index contributed by atoms with van der Waals surface area (Å²) in [6.07, 6.45) is 0. The lowest BCUT2D eigenvalue weighted by Gasteiger charge is -2.06. The van der Waals surface area contributed by atoms with E-state index in [1.54, 1.807) is 18.2 Å². The molecule has 110 valence electrons. The van der Waals surface area contributed by atoms with Crippen LogP contribution >= 0.6 is 38.9 Å². The summed E-state index contributed by atoms with van der Waals surface area (Å²) in [7, 11) is 1.24. The molecule has 1 aromatic heterocycles.